The van der Waals surface area contributed by atoms with Gasteiger partial charge in [-0.3, -0.25) is 0 Å². The smallest absolute Gasteiger partial charge is 0.315 e. The molecule has 124 valence electrons. The molecule has 23 heavy (non-hydrogen) atoms. The third-order valence-corrected chi connectivity index (χ3v) is 3.77. The van der Waals surface area contributed by atoms with Gasteiger partial charge in [-0.15, -0.1) is 0 Å². The van der Waals surface area contributed by atoms with E-state index in [9.17, 15) is 4.79 Å². The highest BCUT2D eigenvalue weighted by molar-refractivity contribution is 6.30. The van der Waals surface area contributed by atoms with E-state index in [0.717, 1.165) is 16.8 Å². The number of carbonyl (C=O) groups is 1. The van der Waals surface area contributed by atoms with Crippen molar-refractivity contribution in [3.05, 3.63) is 51.9 Å². The van der Waals surface area contributed by atoms with Crippen molar-refractivity contribution in [3.63, 3.8) is 0 Å². The second kappa shape index (κ2) is 7.99. The second-order valence-electron chi connectivity index (χ2n) is 5.19. The molecule has 1 heterocycles. The van der Waals surface area contributed by atoms with Gasteiger partial charge in [-0.05, 0) is 31.5 Å². The first kappa shape index (κ1) is 17.3. The highest BCUT2D eigenvalue weighted by Crippen LogP contribution is 2.17. The lowest BCUT2D eigenvalue weighted by atomic mass is 10.1. The van der Waals surface area contributed by atoms with Crippen LogP contribution in [0.4, 0.5) is 4.79 Å². The first-order chi connectivity index (χ1) is 11.0. The Hall–Kier alpha value is -2.05. The number of carbonyl (C=O) groups excluding carboxylic acids is 1. The van der Waals surface area contributed by atoms with Crippen LogP contribution in [0.25, 0.3) is 0 Å². The van der Waals surface area contributed by atoms with E-state index in [2.05, 4.69) is 15.8 Å². The molecule has 2 rings (SSSR count). The molecule has 0 fully saturated rings. The molecule has 0 aliphatic carbocycles. The number of rotatable bonds is 6. The number of halogens is 1. The number of nitrogens with zero attached hydrogens (tertiary/aromatic N) is 1. The summed E-state index contributed by atoms with van der Waals surface area (Å²) in [6.07, 6.45) is 0. The highest BCUT2D eigenvalue weighted by Gasteiger charge is 2.16. The van der Waals surface area contributed by atoms with Crippen molar-refractivity contribution in [2.75, 3.05) is 13.7 Å². The predicted octanol–water partition coefficient (Wildman–Crippen LogP) is 3.13. The summed E-state index contributed by atoms with van der Waals surface area (Å²) < 4.78 is 10.3. The summed E-state index contributed by atoms with van der Waals surface area (Å²) in [5.41, 5.74) is 2.58. The Kier molecular flexibility index (Phi) is 6.01. The van der Waals surface area contributed by atoms with E-state index in [-0.39, 0.29) is 12.1 Å². The molecular formula is C16H20ClN3O3. The summed E-state index contributed by atoms with van der Waals surface area (Å²) in [4.78, 5) is 12.1. The van der Waals surface area contributed by atoms with E-state index < -0.39 is 0 Å². The number of amides is 2. The van der Waals surface area contributed by atoms with Crippen LogP contribution in [-0.4, -0.2) is 24.9 Å². The number of nitrogens with one attached hydrogen (secondary N) is 2. The van der Waals surface area contributed by atoms with Crippen LogP contribution >= 0.6 is 11.6 Å². The van der Waals surface area contributed by atoms with Crippen molar-refractivity contribution in [3.8, 4) is 0 Å². The number of methoxy groups -OCH3 is 1. The summed E-state index contributed by atoms with van der Waals surface area (Å²) >= 11 is 5.89. The number of hydrogen-bond donors (Lipinski definition) is 2. The largest absolute Gasteiger partial charge is 0.382 e. The zero-order chi connectivity index (χ0) is 16.8. The number of benzene rings is 1. The number of hydrogen-bond acceptors (Lipinski definition) is 4. The highest BCUT2D eigenvalue weighted by atomic mass is 35.5. The van der Waals surface area contributed by atoms with Crippen LogP contribution in [0.3, 0.4) is 0 Å². The first-order valence-electron chi connectivity index (χ1n) is 7.21. The maximum absolute atomic E-state index is 12.1. The van der Waals surface area contributed by atoms with E-state index in [1.807, 2.05) is 26.0 Å². The summed E-state index contributed by atoms with van der Waals surface area (Å²) in [5, 5.41) is 10.2. The van der Waals surface area contributed by atoms with Gasteiger partial charge in [-0.2, -0.15) is 0 Å². The van der Waals surface area contributed by atoms with E-state index in [0.29, 0.717) is 23.9 Å². The molecule has 1 unspecified atom stereocenters. The molecule has 0 radical (unpaired) electrons. The molecule has 0 aliphatic rings. The Bertz CT molecular complexity index is 636. The van der Waals surface area contributed by atoms with Crippen LogP contribution in [0.1, 0.15) is 28.6 Å². The predicted molar refractivity (Wildman–Crippen MR) is 87.4 cm³/mol. The topological polar surface area (TPSA) is 76.4 Å². The first-order valence-corrected chi connectivity index (χ1v) is 7.59. The second-order valence-corrected chi connectivity index (χ2v) is 5.63. The third-order valence-electron chi connectivity index (χ3n) is 3.52. The maximum Gasteiger partial charge on any atom is 0.315 e. The van der Waals surface area contributed by atoms with Crippen molar-refractivity contribution < 1.29 is 14.1 Å². The van der Waals surface area contributed by atoms with Crippen LogP contribution in [0, 0.1) is 13.8 Å². The van der Waals surface area contributed by atoms with Crippen LogP contribution in [0.2, 0.25) is 5.02 Å². The van der Waals surface area contributed by atoms with Crippen molar-refractivity contribution >= 4 is 17.6 Å². The molecule has 2 amide bonds. The van der Waals surface area contributed by atoms with Crippen molar-refractivity contribution in [1.29, 1.82) is 0 Å². The average Bonchev–Trinajstić information content (AvgIpc) is 2.84. The van der Waals surface area contributed by atoms with Gasteiger partial charge in [0.05, 0.1) is 18.3 Å². The molecule has 0 saturated carbocycles. The van der Waals surface area contributed by atoms with Gasteiger partial charge in [0, 0.05) is 24.2 Å². The summed E-state index contributed by atoms with van der Waals surface area (Å²) in [6.45, 7) is 4.37. The average molecular weight is 338 g/mol. The van der Waals surface area contributed by atoms with Gasteiger partial charge in [0.15, 0.2) is 0 Å². The molecule has 0 aliphatic heterocycles. The Balaban J connectivity index is 1.96. The molecule has 0 spiro atoms. The molecule has 1 aromatic heterocycles. The fourth-order valence-electron chi connectivity index (χ4n) is 2.22. The quantitative estimate of drug-likeness (QED) is 0.849. The lowest BCUT2D eigenvalue weighted by Crippen LogP contribution is -2.39. The summed E-state index contributed by atoms with van der Waals surface area (Å²) in [6, 6.07) is 6.73. The van der Waals surface area contributed by atoms with E-state index in [4.69, 9.17) is 20.9 Å². The Morgan fingerprint density at radius 2 is 2.04 bits per heavy atom. The van der Waals surface area contributed by atoms with Gasteiger partial charge in [0.1, 0.15) is 5.76 Å². The van der Waals surface area contributed by atoms with Gasteiger partial charge in [0.25, 0.3) is 0 Å². The number of urea groups is 1. The fourth-order valence-corrected chi connectivity index (χ4v) is 2.34. The molecule has 6 nitrogen and oxygen atoms in total. The van der Waals surface area contributed by atoms with Gasteiger partial charge >= 0.3 is 6.03 Å². The molecule has 1 aromatic carbocycles. The SMILES string of the molecule is COCC(NC(=O)NCc1c(C)noc1C)c1ccc(Cl)cc1. The minimum atomic E-state index is -0.290. The monoisotopic (exact) mass is 337 g/mol. The normalized spacial score (nSPS) is 12.0. The molecular weight excluding hydrogens is 318 g/mol. The van der Waals surface area contributed by atoms with Crippen molar-refractivity contribution in [2.24, 2.45) is 0 Å². The van der Waals surface area contributed by atoms with Crippen LogP contribution < -0.4 is 10.6 Å². The van der Waals surface area contributed by atoms with Crippen molar-refractivity contribution in [2.45, 2.75) is 26.4 Å². The van der Waals surface area contributed by atoms with Crippen molar-refractivity contribution in [1.82, 2.24) is 15.8 Å². The lowest BCUT2D eigenvalue weighted by molar-refractivity contribution is 0.166. The van der Waals surface area contributed by atoms with Gasteiger partial charge < -0.3 is 19.9 Å². The molecule has 7 heteroatoms. The molecule has 1 atom stereocenters. The Morgan fingerprint density at radius 3 is 2.61 bits per heavy atom. The summed E-state index contributed by atoms with van der Waals surface area (Å²) in [7, 11) is 1.59. The standard InChI is InChI=1S/C16H20ClN3O3/c1-10-14(11(2)23-20-10)8-18-16(21)19-15(9-22-3)12-4-6-13(17)7-5-12/h4-7,15H,8-9H2,1-3H3,(H2,18,19,21). The van der Waals surface area contributed by atoms with Crippen LogP contribution in [-0.2, 0) is 11.3 Å². The number of aryl methyl sites for hydroxylation is 2. The number of ether oxygens (including phenoxy) is 1. The minimum absolute atomic E-state index is 0.262. The molecule has 0 saturated heterocycles. The Morgan fingerprint density at radius 1 is 1.35 bits per heavy atom. The fraction of sp³-hybridized carbons (Fsp3) is 0.375. The maximum atomic E-state index is 12.1. The van der Waals surface area contributed by atoms with Gasteiger partial charge in [-0.25, -0.2) is 4.79 Å². The van der Waals surface area contributed by atoms with E-state index >= 15 is 0 Å². The lowest BCUT2D eigenvalue weighted by Gasteiger charge is -2.19. The van der Waals surface area contributed by atoms with Gasteiger partial charge in [0.2, 0.25) is 0 Å². The summed E-state index contributed by atoms with van der Waals surface area (Å²) in [5.74, 6) is 0.703. The van der Waals surface area contributed by atoms with E-state index in [1.54, 1.807) is 19.2 Å². The van der Waals surface area contributed by atoms with E-state index in [1.165, 1.54) is 0 Å². The third kappa shape index (κ3) is 4.71. The minimum Gasteiger partial charge on any atom is -0.382 e. The molecule has 2 aromatic rings. The van der Waals surface area contributed by atoms with Crippen LogP contribution in [0.5, 0.6) is 0 Å². The zero-order valence-corrected chi connectivity index (χ0v) is 14.1. The molecule has 2 N–H and O–H groups in total. The molecule has 0 bridgehead atoms. The zero-order valence-electron chi connectivity index (χ0n) is 13.4. The van der Waals surface area contributed by atoms with Crippen LogP contribution in [0.15, 0.2) is 28.8 Å². The Labute approximate surface area is 140 Å². The van der Waals surface area contributed by atoms with Gasteiger partial charge in [-0.1, -0.05) is 28.9 Å². The number of aromatic nitrogens is 1.